The van der Waals surface area contributed by atoms with Gasteiger partial charge < -0.3 is 14.5 Å². The number of aryl methyl sites for hydroxylation is 1. The van der Waals surface area contributed by atoms with Crippen LogP contribution in [0.2, 0.25) is 0 Å². The lowest BCUT2D eigenvalue weighted by Gasteiger charge is -2.36. The highest BCUT2D eigenvalue weighted by atomic mass is 16.5. The maximum absolute atomic E-state index is 12.6. The molecule has 6 nitrogen and oxygen atoms in total. The van der Waals surface area contributed by atoms with Gasteiger partial charge >= 0.3 is 0 Å². The number of hydrogen-bond acceptors (Lipinski definition) is 5. The molecule has 3 rings (SSSR count). The van der Waals surface area contributed by atoms with Gasteiger partial charge in [0.15, 0.2) is 0 Å². The first kappa shape index (κ1) is 16.7. The Morgan fingerprint density at radius 1 is 1.25 bits per heavy atom. The number of piperazine rings is 1. The molecule has 130 valence electrons. The largest absolute Gasteiger partial charge is 0.478 e. The average Bonchev–Trinajstić information content (AvgIpc) is 2.62. The van der Waals surface area contributed by atoms with Crippen molar-refractivity contribution in [2.45, 2.75) is 33.1 Å². The van der Waals surface area contributed by atoms with E-state index in [4.69, 9.17) is 4.74 Å². The summed E-state index contributed by atoms with van der Waals surface area (Å²) in [7, 11) is 0. The molecule has 2 aliphatic rings. The fraction of sp³-hybridized carbons (Fsp3) is 0.611. The van der Waals surface area contributed by atoms with Crippen LogP contribution in [0.25, 0.3) is 0 Å². The smallest absolute Gasteiger partial charge is 0.228 e. The number of hydrogen-bond donors (Lipinski definition) is 0. The Hall–Kier alpha value is -2.11. The molecular formula is C18H26N4O2. The van der Waals surface area contributed by atoms with Crippen molar-refractivity contribution in [1.29, 1.82) is 0 Å². The maximum Gasteiger partial charge on any atom is 0.228 e. The molecule has 24 heavy (non-hydrogen) atoms. The number of aromatic nitrogens is 2. The summed E-state index contributed by atoms with van der Waals surface area (Å²) in [5, 5.41) is 0. The van der Waals surface area contributed by atoms with E-state index in [1.165, 1.54) is 0 Å². The van der Waals surface area contributed by atoms with Crippen molar-refractivity contribution in [3.05, 3.63) is 23.9 Å². The van der Waals surface area contributed by atoms with Crippen LogP contribution in [0.15, 0.2) is 18.2 Å². The van der Waals surface area contributed by atoms with Gasteiger partial charge in [0.25, 0.3) is 0 Å². The minimum atomic E-state index is 0.168. The number of allylic oxidation sites excluding steroid dienone is 2. The Kier molecular flexibility index (Phi) is 5.33. The molecule has 1 atom stereocenters. The molecule has 1 aliphatic heterocycles. The van der Waals surface area contributed by atoms with Crippen LogP contribution in [0, 0.1) is 12.8 Å². The molecule has 0 aromatic carbocycles. The highest BCUT2D eigenvalue weighted by Gasteiger charge is 2.28. The van der Waals surface area contributed by atoms with Crippen LogP contribution >= 0.6 is 0 Å². The zero-order valence-corrected chi connectivity index (χ0v) is 14.6. The lowest BCUT2D eigenvalue weighted by molar-refractivity contribution is -0.136. The molecule has 0 radical (unpaired) electrons. The number of anilines is 1. The van der Waals surface area contributed by atoms with Gasteiger partial charge in [-0.1, -0.05) is 12.2 Å². The number of rotatable bonds is 4. The first-order valence-electron chi connectivity index (χ1n) is 8.84. The lowest BCUT2D eigenvalue weighted by atomic mass is 9.93. The third kappa shape index (κ3) is 3.86. The van der Waals surface area contributed by atoms with Gasteiger partial charge in [0.2, 0.25) is 17.7 Å². The van der Waals surface area contributed by atoms with E-state index < -0.39 is 0 Å². The fourth-order valence-electron chi connectivity index (χ4n) is 3.29. The normalized spacial score (nSPS) is 21.0. The standard InChI is InChI=1S/C18H26N4O2/c1-3-24-16-13-14(2)19-18(20-16)22-11-9-21(10-12-22)17(23)15-7-5-4-6-8-15/h4-5,13,15H,3,6-12H2,1-2H3. The van der Waals surface area contributed by atoms with Crippen molar-refractivity contribution in [3.63, 3.8) is 0 Å². The third-order valence-corrected chi connectivity index (χ3v) is 4.60. The van der Waals surface area contributed by atoms with E-state index in [1.807, 2.05) is 24.8 Å². The van der Waals surface area contributed by atoms with Crippen molar-refractivity contribution in [2.75, 3.05) is 37.7 Å². The summed E-state index contributed by atoms with van der Waals surface area (Å²) >= 11 is 0. The molecule has 6 heteroatoms. The van der Waals surface area contributed by atoms with Gasteiger partial charge in [0.05, 0.1) is 6.61 Å². The maximum atomic E-state index is 12.6. The van der Waals surface area contributed by atoms with E-state index in [0.29, 0.717) is 24.3 Å². The molecule has 0 bridgehead atoms. The van der Waals surface area contributed by atoms with Gasteiger partial charge in [-0.25, -0.2) is 4.98 Å². The second-order valence-corrected chi connectivity index (χ2v) is 6.37. The predicted octanol–water partition coefficient (Wildman–Crippen LogP) is 2.19. The monoisotopic (exact) mass is 330 g/mol. The number of ether oxygens (including phenoxy) is 1. The zero-order valence-electron chi connectivity index (χ0n) is 14.6. The van der Waals surface area contributed by atoms with E-state index in [-0.39, 0.29) is 5.92 Å². The van der Waals surface area contributed by atoms with Crippen LogP contribution in [0.1, 0.15) is 31.9 Å². The number of carbonyl (C=O) groups excluding carboxylic acids is 1. The van der Waals surface area contributed by atoms with Crippen molar-refractivity contribution in [1.82, 2.24) is 14.9 Å². The van der Waals surface area contributed by atoms with Gasteiger partial charge in [-0.15, -0.1) is 0 Å². The van der Waals surface area contributed by atoms with E-state index in [0.717, 1.165) is 51.1 Å². The van der Waals surface area contributed by atoms with Crippen LogP contribution in [-0.4, -0.2) is 53.6 Å². The summed E-state index contributed by atoms with van der Waals surface area (Å²) in [6, 6.07) is 1.85. The zero-order chi connectivity index (χ0) is 16.9. The molecule has 1 fully saturated rings. The third-order valence-electron chi connectivity index (χ3n) is 4.60. The molecule has 0 spiro atoms. The number of carbonyl (C=O) groups is 1. The van der Waals surface area contributed by atoms with E-state index in [2.05, 4.69) is 27.0 Å². The van der Waals surface area contributed by atoms with E-state index in [9.17, 15) is 4.79 Å². The first-order chi connectivity index (χ1) is 11.7. The van der Waals surface area contributed by atoms with Gasteiger partial charge in [-0.05, 0) is 33.1 Å². The fourth-order valence-corrected chi connectivity index (χ4v) is 3.29. The Labute approximate surface area is 143 Å². The minimum absolute atomic E-state index is 0.168. The van der Waals surface area contributed by atoms with Crippen molar-refractivity contribution in [3.8, 4) is 5.88 Å². The molecule has 1 saturated heterocycles. The van der Waals surface area contributed by atoms with Gasteiger partial charge in [-0.3, -0.25) is 4.79 Å². The van der Waals surface area contributed by atoms with Gasteiger partial charge in [0, 0.05) is 43.9 Å². The SMILES string of the molecule is CCOc1cc(C)nc(N2CCN(C(=O)C3CC=CCC3)CC2)n1. The summed E-state index contributed by atoms with van der Waals surface area (Å²) in [6.45, 7) is 7.49. The Morgan fingerprint density at radius 3 is 2.71 bits per heavy atom. The summed E-state index contributed by atoms with van der Waals surface area (Å²) in [5.41, 5.74) is 0.899. The molecule has 0 saturated carbocycles. The van der Waals surface area contributed by atoms with E-state index in [1.54, 1.807) is 0 Å². The lowest BCUT2D eigenvalue weighted by Crippen LogP contribution is -2.51. The van der Waals surface area contributed by atoms with Crippen LogP contribution in [0.5, 0.6) is 5.88 Å². The minimum Gasteiger partial charge on any atom is -0.478 e. The van der Waals surface area contributed by atoms with Crippen LogP contribution in [0.4, 0.5) is 5.95 Å². The summed E-state index contributed by atoms with van der Waals surface area (Å²) in [4.78, 5) is 25.8. The van der Waals surface area contributed by atoms with Crippen LogP contribution < -0.4 is 9.64 Å². The van der Waals surface area contributed by atoms with Gasteiger partial charge in [0.1, 0.15) is 0 Å². The Bertz CT molecular complexity index is 609. The molecular weight excluding hydrogens is 304 g/mol. The molecule has 1 aromatic rings. The highest BCUT2D eigenvalue weighted by molar-refractivity contribution is 5.79. The van der Waals surface area contributed by atoms with Crippen molar-refractivity contribution in [2.24, 2.45) is 5.92 Å². The Morgan fingerprint density at radius 2 is 2.04 bits per heavy atom. The van der Waals surface area contributed by atoms with Gasteiger partial charge in [-0.2, -0.15) is 4.98 Å². The quantitative estimate of drug-likeness (QED) is 0.792. The highest BCUT2D eigenvalue weighted by Crippen LogP contribution is 2.22. The first-order valence-corrected chi connectivity index (χ1v) is 8.84. The molecule has 1 aromatic heterocycles. The summed E-state index contributed by atoms with van der Waals surface area (Å²) < 4.78 is 5.51. The summed E-state index contributed by atoms with van der Waals surface area (Å²) in [5.74, 6) is 1.79. The van der Waals surface area contributed by atoms with Crippen LogP contribution in [-0.2, 0) is 4.79 Å². The molecule has 1 aliphatic carbocycles. The Balaban J connectivity index is 1.60. The second-order valence-electron chi connectivity index (χ2n) is 6.37. The molecule has 1 amide bonds. The summed E-state index contributed by atoms with van der Waals surface area (Å²) in [6.07, 6.45) is 7.20. The second kappa shape index (κ2) is 7.64. The predicted molar refractivity (Wildman–Crippen MR) is 93.2 cm³/mol. The van der Waals surface area contributed by atoms with Crippen molar-refractivity contribution >= 4 is 11.9 Å². The molecule has 1 unspecified atom stereocenters. The molecule has 2 heterocycles. The number of amides is 1. The van der Waals surface area contributed by atoms with Crippen molar-refractivity contribution < 1.29 is 9.53 Å². The molecule has 0 N–H and O–H groups in total. The average molecular weight is 330 g/mol. The topological polar surface area (TPSA) is 58.6 Å². The van der Waals surface area contributed by atoms with E-state index >= 15 is 0 Å². The van der Waals surface area contributed by atoms with Crippen LogP contribution in [0.3, 0.4) is 0 Å². The number of nitrogens with zero attached hydrogens (tertiary/aromatic N) is 4.